The molecule has 3 heteroatoms. The van der Waals surface area contributed by atoms with E-state index in [1.165, 1.54) is 24.0 Å². The summed E-state index contributed by atoms with van der Waals surface area (Å²) in [6.45, 7) is 12.1. The van der Waals surface area contributed by atoms with Gasteiger partial charge in [0, 0.05) is 12.8 Å². The van der Waals surface area contributed by atoms with Crippen LogP contribution in [0.5, 0.6) is 0 Å². The maximum absolute atomic E-state index is 10.1. The molecule has 3 N–H and O–H groups in total. The number of allylic oxidation sites excluding steroid dienone is 5. The van der Waals surface area contributed by atoms with Gasteiger partial charge in [-0.3, -0.25) is 0 Å². The van der Waals surface area contributed by atoms with Crippen molar-refractivity contribution in [3.05, 3.63) is 47.1 Å². The fourth-order valence-electron chi connectivity index (χ4n) is 5.61. The van der Waals surface area contributed by atoms with Crippen molar-refractivity contribution in [1.29, 1.82) is 0 Å². The lowest BCUT2D eigenvalue weighted by Gasteiger charge is -2.42. The van der Waals surface area contributed by atoms with Crippen LogP contribution < -0.4 is 0 Å². The molecular formula is C27H38O3. The molecular weight excluding hydrogens is 372 g/mol. The molecule has 3 nitrogen and oxygen atoms in total. The van der Waals surface area contributed by atoms with Gasteiger partial charge in [0.25, 0.3) is 0 Å². The average molecular weight is 411 g/mol. The van der Waals surface area contributed by atoms with E-state index in [0.29, 0.717) is 24.7 Å². The molecule has 0 saturated heterocycles. The van der Waals surface area contributed by atoms with Crippen LogP contribution in [0.1, 0.15) is 72.6 Å². The van der Waals surface area contributed by atoms with Crippen LogP contribution >= 0.6 is 0 Å². The zero-order valence-electron chi connectivity index (χ0n) is 19.0. The third-order valence-corrected chi connectivity index (χ3v) is 7.21. The van der Waals surface area contributed by atoms with E-state index in [1.54, 1.807) is 13.8 Å². The normalized spacial score (nSPS) is 35.6. The summed E-state index contributed by atoms with van der Waals surface area (Å²) in [6, 6.07) is 0. The Labute approximate surface area is 182 Å². The summed E-state index contributed by atoms with van der Waals surface area (Å²) >= 11 is 0. The molecule has 5 atom stereocenters. The molecule has 0 bridgehead atoms. The SMILES string of the molecule is C=C1C(=CC=C2CCCC3(C)C([C@H](C)CC#CC(C)(C)O)=CCC23)C[C@@H](O)C[C@@H]1O. The Hall–Kier alpha value is -1.60. The highest BCUT2D eigenvalue weighted by Crippen LogP contribution is 2.56. The quantitative estimate of drug-likeness (QED) is 0.460. The number of aliphatic hydroxyl groups is 3. The van der Waals surface area contributed by atoms with E-state index < -0.39 is 17.8 Å². The molecule has 0 aromatic rings. The summed E-state index contributed by atoms with van der Waals surface area (Å²) in [6.07, 6.45) is 11.9. The van der Waals surface area contributed by atoms with Crippen LogP contribution in [0.25, 0.3) is 0 Å². The highest BCUT2D eigenvalue weighted by Gasteiger charge is 2.45. The Morgan fingerprint density at radius 1 is 1.33 bits per heavy atom. The van der Waals surface area contributed by atoms with Crippen molar-refractivity contribution in [2.24, 2.45) is 17.3 Å². The fourth-order valence-corrected chi connectivity index (χ4v) is 5.61. The minimum Gasteiger partial charge on any atom is -0.393 e. The molecule has 3 aliphatic carbocycles. The van der Waals surface area contributed by atoms with Crippen molar-refractivity contribution >= 4 is 0 Å². The summed E-state index contributed by atoms with van der Waals surface area (Å²) in [5, 5.41) is 30.0. The number of hydrogen-bond acceptors (Lipinski definition) is 3. The first-order chi connectivity index (χ1) is 14.0. The predicted octanol–water partition coefficient (Wildman–Crippen LogP) is 4.85. The second-order valence-corrected chi connectivity index (χ2v) is 10.3. The van der Waals surface area contributed by atoms with Gasteiger partial charge in [-0.2, -0.15) is 0 Å². The van der Waals surface area contributed by atoms with E-state index in [9.17, 15) is 15.3 Å². The molecule has 30 heavy (non-hydrogen) atoms. The molecule has 0 aromatic heterocycles. The third-order valence-electron chi connectivity index (χ3n) is 7.21. The van der Waals surface area contributed by atoms with Crippen LogP contribution in [0.15, 0.2) is 47.1 Å². The monoisotopic (exact) mass is 410 g/mol. The second-order valence-electron chi connectivity index (χ2n) is 10.3. The molecule has 0 amide bonds. The summed E-state index contributed by atoms with van der Waals surface area (Å²) < 4.78 is 0. The van der Waals surface area contributed by atoms with E-state index in [1.807, 2.05) is 0 Å². The number of aliphatic hydroxyl groups excluding tert-OH is 2. The van der Waals surface area contributed by atoms with E-state index >= 15 is 0 Å². The first-order valence-corrected chi connectivity index (χ1v) is 11.4. The van der Waals surface area contributed by atoms with Gasteiger partial charge in [-0.15, -0.1) is 0 Å². The zero-order chi connectivity index (χ0) is 22.1. The van der Waals surface area contributed by atoms with Crippen LogP contribution in [-0.4, -0.2) is 33.1 Å². The first-order valence-electron chi connectivity index (χ1n) is 11.4. The number of rotatable bonds is 3. The Morgan fingerprint density at radius 3 is 2.77 bits per heavy atom. The van der Waals surface area contributed by atoms with Crippen molar-refractivity contribution in [3.8, 4) is 11.8 Å². The Kier molecular flexibility index (Phi) is 6.82. The van der Waals surface area contributed by atoms with Gasteiger partial charge in [0.1, 0.15) is 5.60 Å². The van der Waals surface area contributed by atoms with E-state index in [-0.39, 0.29) is 5.41 Å². The van der Waals surface area contributed by atoms with Gasteiger partial charge < -0.3 is 15.3 Å². The molecule has 2 saturated carbocycles. The summed E-state index contributed by atoms with van der Waals surface area (Å²) in [4.78, 5) is 0. The molecule has 0 spiro atoms. The fraction of sp³-hybridized carbons (Fsp3) is 0.630. The minimum absolute atomic E-state index is 0.168. The number of hydrogen-bond donors (Lipinski definition) is 3. The Balaban J connectivity index is 1.76. The standard InChI is InChI=1S/C27H38O3/c1-18(8-6-14-26(3,4)30)23-12-13-24-20(9-7-15-27(23,24)5)10-11-21-16-22(28)17-25(29)19(21)2/h10-12,18,22,24-25,28-30H,2,7-9,13,15-17H2,1,3-5H3/t18-,22-,24?,25+,27?/m1/s1. The highest BCUT2D eigenvalue weighted by atomic mass is 16.3. The smallest absolute Gasteiger partial charge is 0.119 e. The van der Waals surface area contributed by atoms with Crippen LogP contribution in [-0.2, 0) is 0 Å². The summed E-state index contributed by atoms with van der Waals surface area (Å²) in [5.74, 6) is 7.03. The van der Waals surface area contributed by atoms with Gasteiger partial charge in [0.15, 0.2) is 0 Å². The molecule has 3 rings (SSSR count). The molecule has 0 aromatic carbocycles. The van der Waals surface area contributed by atoms with E-state index in [2.05, 4.69) is 50.5 Å². The van der Waals surface area contributed by atoms with Crippen LogP contribution in [0, 0.1) is 29.1 Å². The van der Waals surface area contributed by atoms with Crippen molar-refractivity contribution in [2.45, 2.75) is 90.4 Å². The van der Waals surface area contributed by atoms with Crippen molar-refractivity contribution in [3.63, 3.8) is 0 Å². The van der Waals surface area contributed by atoms with Crippen molar-refractivity contribution < 1.29 is 15.3 Å². The molecule has 164 valence electrons. The third kappa shape index (κ3) is 4.99. The van der Waals surface area contributed by atoms with E-state index in [4.69, 9.17) is 0 Å². The Bertz CT molecular complexity index is 826. The first kappa shape index (κ1) is 23.1. The predicted molar refractivity (Wildman–Crippen MR) is 123 cm³/mol. The average Bonchev–Trinajstić information content (AvgIpc) is 3.00. The van der Waals surface area contributed by atoms with Crippen LogP contribution in [0.3, 0.4) is 0 Å². The van der Waals surface area contributed by atoms with Crippen molar-refractivity contribution in [1.82, 2.24) is 0 Å². The largest absolute Gasteiger partial charge is 0.393 e. The van der Waals surface area contributed by atoms with Gasteiger partial charge in [-0.25, -0.2) is 0 Å². The van der Waals surface area contributed by atoms with E-state index in [0.717, 1.165) is 30.4 Å². The molecule has 3 aliphatic rings. The Morgan fingerprint density at radius 2 is 2.07 bits per heavy atom. The van der Waals surface area contributed by atoms with Gasteiger partial charge in [-0.1, -0.05) is 61.6 Å². The van der Waals surface area contributed by atoms with Gasteiger partial charge >= 0.3 is 0 Å². The highest BCUT2D eigenvalue weighted by molar-refractivity contribution is 5.40. The topological polar surface area (TPSA) is 60.7 Å². The summed E-state index contributed by atoms with van der Waals surface area (Å²) in [5.41, 5.74) is 3.95. The van der Waals surface area contributed by atoms with Crippen LogP contribution in [0.2, 0.25) is 0 Å². The van der Waals surface area contributed by atoms with Gasteiger partial charge in [0.05, 0.1) is 12.2 Å². The van der Waals surface area contributed by atoms with Crippen LogP contribution in [0.4, 0.5) is 0 Å². The zero-order valence-corrected chi connectivity index (χ0v) is 19.0. The summed E-state index contributed by atoms with van der Waals surface area (Å²) in [7, 11) is 0. The lowest BCUT2D eigenvalue weighted by atomic mass is 9.62. The van der Waals surface area contributed by atoms with Gasteiger partial charge in [-0.05, 0) is 74.3 Å². The molecule has 2 fully saturated rings. The molecule has 0 heterocycles. The minimum atomic E-state index is -0.936. The molecule has 0 aliphatic heterocycles. The number of fused-ring (bicyclic) bond motifs is 1. The van der Waals surface area contributed by atoms with Gasteiger partial charge in [0.2, 0.25) is 0 Å². The second kappa shape index (κ2) is 8.87. The maximum atomic E-state index is 10.1. The van der Waals surface area contributed by atoms with Crippen molar-refractivity contribution in [2.75, 3.05) is 0 Å². The molecule has 0 radical (unpaired) electrons. The lowest BCUT2D eigenvalue weighted by molar-refractivity contribution is 0.0862. The maximum Gasteiger partial charge on any atom is 0.119 e. The lowest BCUT2D eigenvalue weighted by Crippen LogP contribution is -2.32. The molecule has 2 unspecified atom stereocenters.